The molecule has 0 saturated carbocycles. The molecule has 142 valence electrons. The molecule has 0 radical (unpaired) electrons. The Morgan fingerprint density at radius 2 is 2.15 bits per heavy atom. The van der Waals surface area contributed by atoms with Crippen molar-refractivity contribution in [2.24, 2.45) is 0 Å². The van der Waals surface area contributed by atoms with E-state index in [2.05, 4.69) is 15.6 Å². The Balaban J connectivity index is 1.48. The molecule has 1 aromatic heterocycles. The van der Waals surface area contributed by atoms with Crippen molar-refractivity contribution in [3.8, 4) is 0 Å². The van der Waals surface area contributed by atoms with Gasteiger partial charge in [0.25, 0.3) is 0 Å². The van der Waals surface area contributed by atoms with E-state index >= 15 is 0 Å². The van der Waals surface area contributed by atoms with E-state index < -0.39 is 6.03 Å². The smallest absolute Gasteiger partial charge is 0.324 e. The highest BCUT2D eigenvalue weighted by Crippen LogP contribution is 2.29. The minimum absolute atomic E-state index is 0.0174. The third kappa shape index (κ3) is 4.97. The van der Waals surface area contributed by atoms with Crippen LogP contribution >= 0.6 is 34.5 Å². The fraction of sp³-hybridized carbons (Fsp3) is 0.294. The molecule has 0 atom stereocenters. The lowest BCUT2D eigenvalue weighted by molar-refractivity contribution is -0.125. The number of hydrogen-bond donors (Lipinski definition) is 2. The van der Waals surface area contributed by atoms with Gasteiger partial charge in [-0.05, 0) is 18.1 Å². The maximum Gasteiger partial charge on any atom is 0.324 e. The molecule has 3 rings (SSSR count). The van der Waals surface area contributed by atoms with Gasteiger partial charge in [0.1, 0.15) is 0 Å². The van der Waals surface area contributed by atoms with Gasteiger partial charge in [0.2, 0.25) is 11.8 Å². The Kier molecular flexibility index (Phi) is 6.30. The lowest BCUT2D eigenvalue weighted by Crippen LogP contribution is -2.32. The molecule has 0 aliphatic carbocycles. The van der Waals surface area contributed by atoms with Crippen LogP contribution in [0.2, 0.25) is 10.0 Å². The Bertz CT molecular complexity index is 871. The van der Waals surface area contributed by atoms with Crippen LogP contribution in [0, 0.1) is 0 Å². The Morgan fingerprint density at radius 1 is 1.33 bits per heavy atom. The summed E-state index contributed by atoms with van der Waals surface area (Å²) in [6, 6.07) is 5.04. The zero-order valence-electron chi connectivity index (χ0n) is 14.1. The predicted molar refractivity (Wildman–Crippen MR) is 104 cm³/mol. The number of urea groups is 1. The van der Waals surface area contributed by atoms with Crippen LogP contribution in [0.4, 0.5) is 9.93 Å². The van der Waals surface area contributed by atoms with Gasteiger partial charge < -0.3 is 10.6 Å². The van der Waals surface area contributed by atoms with Crippen LogP contribution in [-0.2, 0) is 16.0 Å². The summed E-state index contributed by atoms with van der Waals surface area (Å²) in [5.74, 6) is -0.492. The highest BCUT2D eigenvalue weighted by molar-refractivity contribution is 7.15. The fourth-order valence-corrected chi connectivity index (χ4v) is 3.82. The van der Waals surface area contributed by atoms with Crippen molar-refractivity contribution in [1.29, 1.82) is 0 Å². The second-order valence-corrected chi connectivity index (χ2v) is 7.78. The molecule has 2 aromatic rings. The van der Waals surface area contributed by atoms with Crippen LogP contribution < -0.4 is 10.6 Å². The summed E-state index contributed by atoms with van der Waals surface area (Å²) in [6.45, 7) is 0.234. The first-order valence-corrected chi connectivity index (χ1v) is 9.77. The van der Waals surface area contributed by atoms with Crippen molar-refractivity contribution < 1.29 is 14.4 Å². The Labute approximate surface area is 169 Å². The van der Waals surface area contributed by atoms with Crippen LogP contribution in [0.15, 0.2) is 24.4 Å². The van der Waals surface area contributed by atoms with E-state index in [4.69, 9.17) is 23.2 Å². The maximum absolute atomic E-state index is 12.0. The number of benzene rings is 1. The van der Waals surface area contributed by atoms with E-state index in [0.29, 0.717) is 28.0 Å². The molecule has 4 amide bonds. The summed E-state index contributed by atoms with van der Waals surface area (Å²) in [5.41, 5.74) is 0.888. The molecule has 1 fully saturated rings. The molecule has 2 heterocycles. The number of amides is 4. The SMILES string of the molecule is O=C(CCCN1C(=O)CNC1=O)Nc1ncc(Cc2cccc(Cl)c2Cl)s1. The third-order valence-electron chi connectivity index (χ3n) is 3.92. The summed E-state index contributed by atoms with van der Waals surface area (Å²) in [4.78, 5) is 41.2. The van der Waals surface area contributed by atoms with Crippen molar-refractivity contribution in [3.05, 3.63) is 44.9 Å². The van der Waals surface area contributed by atoms with Crippen LogP contribution in [0.3, 0.4) is 0 Å². The van der Waals surface area contributed by atoms with E-state index in [-0.39, 0.29) is 31.3 Å². The molecular formula is C17H16Cl2N4O3S. The number of rotatable bonds is 7. The number of imide groups is 1. The van der Waals surface area contributed by atoms with Crippen LogP contribution in [0.25, 0.3) is 0 Å². The zero-order valence-corrected chi connectivity index (χ0v) is 16.5. The van der Waals surface area contributed by atoms with Crippen molar-refractivity contribution >= 4 is 57.5 Å². The molecule has 1 aliphatic heterocycles. The normalized spacial score (nSPS) is 13.8. The van der Waals surface area contributed by atoms with Gasteiger partial charge in [0.05, 0.1) is 16.6 Å². The number of carbonyl (C=O) groups excluding carboxylic acids is 3. The molecule has 7 nitrogen and oxygen atoms in total. The molecule has 1 aromatic carbocycles. The van der Waals surface area contributed by atoms with Crippen molar-refractivity contribution in [2.45, 2.75) is 19.3 Å². The molecule has 0 bridgehead atoms. The highest BCUT2D eigenvalue weighted by atomic mass is 35.5. The highest BCUT2D eigenvalue weighted by Gasteiger charge is 2.27. The van der Waals surface area contributed by atoms with Crippen molar-refractivity contribution in [2.75, 3.05) is 18.4 Å². The molecule has 0 spiro atoms. The largest absolute Gasteiger partial charge is 0.329 e. The van der Waals surface area contributed by atoms with Crippen LogP contribution in [-0.4, -0.2) is 40.8 Å². The maximum atomic E-state index is 12.0. The van der Waals surface area contributed by atoms with Crippen LogP contribution in [0.1, 0.15) is 23.3 Å². The minimum atomic E-state index is -0.412. The number of nitrogens with zero attached hydrogens (tertiary/aromatic N) is 2. The zero-order chi connectivity index (χ0) is 19.4. The van der Waals surface area contributed by atoms with Gasteiger partial charge >= 0.3 is 6.03 Å². The second kappa shape index (κ2) is 8.69. The van der Waals surface area contributed by atoms with E-state index in [9.17, 15) is 14.4 Å². The summed E-state index contributed by atoms with van der Waals surface area (Å²) in [6.07, 6.45) is 2.83. The van der Waals surface area contributed by atoms with Crippen LogP contribution in [0.5, 0.6) is 0 Å². The number of nitrogens with one attached hydrogen (secondary N) is 2. The first-order valence-electron chi connectivity index (χ1n) is 8.19. The number of carbonyl (C=O) groups is 3. The molecule has 0 unspecified atom stereocenters. The molecule has 27 heavy (non-hydrogen) atoms. The summed E-state index contributed by atoms with van der Waals surface area (Å²) in [5, 5.41) is 6.66. The Morgan fingerprint density at radius 3 is 2.89 bits per heavy atom. The van der Waals surface area contributed by atoms with E-state index in [1.54, 1.807) is 12.3 Å². The van der Waals surface area contributed by atoms with Gasteiger partial charge in [-0.15, -0.1) is 11.3 Å². The second-order valence-electron chi connectivity index (χ2n) is 5.88. The predicted octanol–water partition coefficient (Wildman–Crippen LogP) is 3.31. The summed E-state index contributed by atoms with van der Waals surface area (Å²) >= 11 is 13.6. The summed E-state index contributed by atoms with van der Waals surface area (Å²) in [7, 11) is 0. The number of aromatic nitrogens is 1. The quantitative estimate of drug-likeness (QED) is 0.664. The van der Waals surface area contributed by atoms with Gasteiger partial charge in [0, 0.05) is 30.5 Å². The average Bonchev–Trinajstić information content (AvgIpc) is 3.19. The lowest BCUT2D eigenvalue weighted by atomic mass is 10.1. The molecule has 2 N–H and O–H groups in total. The monoisotopic (exact) mass is 426 g/mol. The van der Waals surface area contributed by atoms with Gasteiger partial charge in [0.15, 0.2) is 5.13 Å². The van der Waals surface area contributed by atoms with Gasteiger partial charge in [-0.2, -0.15) is 0 Å². The third-order valence-corrected chi connectivity index (χ3v) is 5.69. The van der Waals surface area contributed by atoms with E-state index in [1.165, 1.54) is 11.3 Å². The summed E-state index contributed by atoms with van der Waals surface area (Å²) < 4.78 is 0. The topological polar surface area (TPSA) is 91.4 Å². The van der Waals surface area contributed by atoms with Crippen molar-refractivity contribution in [1.82, 2.24) is 15.2 Å². The van der Waals surface area contributed by atoms with E-state index in [0.717, 1.165) is 15.3 Å². The van der Waals surface area contributed by atoms with Gasteiger partial charge in [-0.1, -0.05) is 35.3 Å². The van der Waals surface area contributed by atoms with E-state index in [1.807, 2.05) is 12.1 Å². The minimum Gasteiger partial charge on any atom is -0.329 e. The number of thiazole rings is 1. The first kappa shape index (κ1) is 19.6. The molecule has 10 heteroatoms. The first-order chi connectivity index (χ1) is 12.9. The number of halogens is 2. The van der Waals surface area contributed by atoms with Gasteiger partial charge in [-0.25, -0.2) is 9.78 Å². The number of anilines is 1. The van der Waals surface area contributed by atoms with Gasteiger partial charge in [-0.3, -0.25) is 14.5 Å². The average molecular weight is 427 g/mol. The standard InChI is InChI=1S/C17H16Cl2N4O3S/c18-12-4-1-3-10(15(12)19)7-11-8-20-16(27-11)22-13(24)5-2-6-23-14(25)9-21-17(23)26/h1,3-4,8H,2,5-7,9H2,(H,21,26)(H,20,22,24). The molecule has 1 aliphatic rings. The molecule has 1 saturated heterocycles. The lowest BCUT2D eigenvalue weighted by Gasteiger charge is -2.11. The van der Waals surface area contributed by atoms with Crippen molar-refractivity contribution in [3.63, 3.8) is 0 Å². The Hall–Kier alpha value is -2.16. The number of hydrogen-bond acceptors (Lipinski definition) is 5. The molecular weight excluding hydrogens is 411 g/mol. The fourth-order valence-electron chi connectivity index (χ4n) is 2.58.